The van der Waals surface area contributed by atoms with Gasteiger partial charge in [-0.15, -0.1) is 0 Å². The van der Waals surface area contributed by atoms with Gasteiger partial charge in [-0.1, -0.05) is 18.6 Å². The van der Waals surface area contributed by atoms with Crippen LogP contribution in [0.25, 0.3) is 0 Å². The Kier molecular flexibility index (Phi) is 4.73. The summed E-state index contributed by atoms with van der Waals surface area (Å²) in [7, 11) is 0. The number of carbonyl (C=O) groups excluding carboxylic acids is 2. The number of para-hydroxylation sites is 1. The number of rotatable bonds is 5. The molecule has 0 unspecified atom stereocenters. The van der Waals surface area contributed by atoms with E-state index in [0.29, 0.717) is 23.8 Å². The predicted octanol–water partition coefficient (Wildman–Crippen LogP) is 2.00. The number of carbonyl (C=O) groups is 2. The van der Waals surface area contributed by atoms with E-state index in [1.807, 2.05) is 12.1 Å². The molecule has 5 nitrogen and oxygen atoms in total. The van der Waals surface area contributed by atoms with Crippen LogP contribution >= 0.6 is 0 Å². The Morgan fingerprint density at radius 1 is 1.09 bits per heavy atom. The Morgan fingerprint density at radius 3 is 2.55 bits per heavy atom. The van der Waals surface area contributed by atoms with E-state index in [0.717, 1.165) is 38.8 Å². The SMILES string of the molecule is O=C(CN1CCCCC1)Nc1ccccc1C(=O)NC1CC1. The van der Waals surface area contributed by atoms with Crippen LogP contribution in [0.2, 0.25) is 0 Å². The molecule has 3 rings (SSSR count). The molecular weight excluding hydrogens is 278 g/mol. The largest absolute Gasteiger partial charge is 0.349 e. The number of hydrogen-bond acceptors (Lipinski definition) is 3. The molecule has 5 heteroatoms. The lowest BCUT2D eigenvalue weighted by Gasteiger charge is -2.25. The molecule has 0 aromatic heterocycles. The molecule has 1 aliphatic carbocycles. The second-order valence-corrected chi connectivity index (χ2v) is 6.18. The summed E-state index contributed by atoms with van der Waals surface area (Å²) in [4.78, 5) is 26.6. The first-order valence-electron chi connectivity index (χ1n) is 8.14. The molecule has 1 saturated heterocycles. The Labute approximate surface area is 131 Å². The number of piperidine rings is 1. The van der Waals surface area contributed by atoms with Crippen LogP contribution in [-0.4, -0.2) is 42.4 Å². The fourth-order valence-electron chi connectivity index (χ4n) is 2.79. The van der Waals surface area contributed by atoms with E-state index >= 15 is 0 Å². The second kappa shape index (κ2) is 6.92. The van der Waals surface area contributed by atoms with Gasteiger partial charge in [0.05, 0.1) is 17.8 Å². The molecular formula is C17H23N3O2. The number of benzene rings is 1. The molecule has 0 bridgehead atoms. The summed E-state index contributed by atoms with van der Waals surface area (Å²) in [5.74, 6) is -0.148. The van der Waals surface area contributed by atoms with E-state index in [1.54, 1.807) is 12.1 Å². The normalized spacial score (nSPS) is 18.7. The minimum Gasteiger partial charge on any atom is -0.349 e. The molecule has 1 saturated carbocycles. The number of hydrogen-bond donors (Lipinski definition) is 2. The van der Waals surface area contributed by atoms with Crippen molar-refractivity contribution in [3.05, 3.63) is 29.8 Å². The maximum atomic E-state index is 12.2. The average Bonchev–Trinajstić information content (AvgIpc) is 3.32. The predicted molar refractivity (Wildman–Crippen MR) is 85.9 cm³/mol. The summed E-state index contributed by atoms with van der Waals surface area (Å²) in [6.07, 6.45) is 5.67. The fourth-order valence-corrected chi connectivity index (χ4v) is 2.79. The molecule has 0 spiro atoms. The first kappa shape index (κ1) is 15.0. The van der Waals surface area contributed by atoms with Crippen LogP contribution in [0.3, 0.4) is 0 Å². The van der Waals surface area contributed by atoms with Crippen molar-refractivity contribution in [2.75, 3.05) is 25.0 Å². The molecule has 2 N–H and O–H groups in total. The van der Waals surface area contributed by atoms with Crippen molar-refractivity contribution < 1.29 is 9.59 Å². The number of nitrogens with zero attached hydrogens (tertiary/aromatic N) is 1. The van der Waals surface area contributed by atoms with Crippen molar-refractivity contribution in [2.24, 2.45) is 0 Å². The van der Waals surface area contributed by atoms with Gasteiger partial charge in [0.15, 0.2) is 0 Å². The molecule has 2 fully saturated rings. The number of nitrogens with one attached hydrogen (secondary N) is 2. The number of likely N-dealkylation sites (tertiary alicyclic amines) is 1. The first-order chi connectivity index (χ1) is 10.7. The summed E-state index contributed by atoms with van der Waals surface area (Å²) in [6.45, 7) is 2.37. The zero-order valence-corrected chi connectivity index (χ0v) is 12.8. The van der Waals surface area contributed by atoms with E-state index in [9.17, 15) is 9.59 Å². The van der Waals surface area contributed by atoms with Crippen LogP contribution < -0.4 is 10.6 Å². The van der Waals surface area contributed by atoms with E-state index in [2.05, 4.69) is 15.5 Å². The van der Waals surface area contributed by atoms with Crippen molar-refractivity contribution in [3.8, 4) is 0 Å². The van der Waals surface area contributed by atoms with Gasteiger partial charge in [-0.2, -0.15) is 0 Å². The minimum absolute atomic E-state index is 0.0476. The van der Waals surface area contributed by atoms with Crippen molar-refractivity contribution >= 4 is 17.5 Å². The van der Waals surface area contributed by atoms with Crippen LogP contribution in [-0.2, 0) is 4.79 Å². The van der Waals surface area contributed by atoms with Crippen molar-refractivity contribution in [1.29, 1.82) is 0 Å². The lowest BCUT2D eigenvalue weighted by atomic mass is 10.1. The van der Waals surface area contributed by atoms with E-state index < -0.39 is 0 Å². The molecule has 1 aliphatic heterocycles. The molecule has 118 valence electrons. The zero-order chi connectivity index (χ0) is 15.4. The van der Waals surface area contributed by atoms with Gasteiger partial charge in [0.1, 0.15) is 0 Å². The average molecular weight is 301 g/mol. The lowest BCUT2D eigenvalue weighted by molar-refractivity contribution is -0.117. The quantitative estimate of drug-likeness (QED) is 0.874. The van der Waals surface area contributed by atoms with Gasteiger partial charge in [-0.05, 0) is 50.9 Å². The van der Waals surface area contributed by atoms with Crippen LogP contribution in [0.5, 0.6) is 0 Å². The summed E-state index contributed by atoms with van der Waals surface area (Å²) < 4.78 is 0. The molecule has 2 amide bonds. The molecule has 2 aliphatic rings. The third kappa shape index (κ3) is 4.07. The first-order valence-corrected chi connectivity index (χ1v) is 8.14. The molecule has 22 heavy (non-hydrogen) atoms. The van der Waals surface area contributed by atoms with Gasteiger partial charge in [-0.25, -0.2) is 0 Å². The summed E-state index contributed by atoms with van der Waals surface area (Å²) in [6, 6.07) is 7.51. The van der Waals surface area contributed by atoms with Gasteiger partial charge < -0.3 is 10.6 Å². The van der Waals surface area contributed by atoms with Crippen LogP contribution in [0.4, 0.5) is 5.69 Å². The monoisotopic (exact) mass is 301 g/mol. The van der Waals surface area contributed by atoms with Crippen LogP contribution in [0.1, 0.15) is 42.5 Å². The second-order valence-electron chi connectivity index (χ2n) is 6.18. The third-order valence-corrected chi connectivity index (χ3v) is 4.17. The highest BCUT2D eigenvalue weighted by molar-refractivity contribution is 6.04. The van der Waals surface area contributed by atoms with E-state index in [4.69, 9.17) is 0 Å². The van der Waals surface area contributed by atoms with Gasteiger partial charge in [0.2, 0.25) is 5.91 Å². The third-order valence-electron chi connectivity index (χ3n) is 4.17. The Balaban J connectivity index is 1.60. The lowest BCUT2D eigenvalue weighted by Crippen LogP contribution is -2.37. The maximum Gasteiger partial charge on any atom is 0.253 e. The maximum absolute atomic E-state index is 12.2. The molecule has 1 aromatic carbocycles. The van der Waals surface area contributed by atoms with Crippen LogP contribution in [0.15, 0.2) is 24.3 Å². The zero-order valence-electron chi connectivity index (χ0n) is 12.8. The highest BCUT2D eigenvalue weighted by atomic mass is 16.2. The standard InChI is InChI=1S/C17H23N3O2/c21-16(12-20-10-4-1-5-11-20)19-15-7-3-2-6-14(15)17(22)18-13-8-9-13/h2-3,6-7,13H,1,4-5,8-12H2,(H,18,22)(H,19,21). The molecule has 0 atom stereocenters. The minimum atomic E-state index is -0.101. The van der Waals surface area contributed by atoms with Gasteiger partial charge >= 0.3 is 0 Å². The number of amides is 2. The highest BCUT2D eigenvalue weighted by Gasteiger charge is 2.25. The number of anilines is 1. The van der Waals surface area contributed by atoms with Gasteiger partial charge in [0.25, 0.3) is 5.91 Å². The van der Waals surface area contributed by atoms with Crippen molar-refractivity contribution in [2.45, 2.75) is 38.1 Å². The topological polar surface area (TPSA) is 61.4 Å². The Hall–Kier alpha value is -1.88. The Bertz CT molecular complexity index is 549. The van der Waals surface area contributed by atoms with Gasteiger partial charge in [-0.3, -0.25) is 14.5 Å². The summed E-state index contributed by atoms with van der Waals surface area (Å²) in [5, 5.41) is 5.86. The smallest absolute Gasteiger partial charge is 0.253 e. The van der Waals surface area contributed by atoms with Crippen LogP contribution in [0, 0.1) is 0 Å². The molecule has 1 heterocycles. The van der Waals surface area contributed by atoms with Gasteiger partial charge in [0, 0.05) is 6.04 Å². The summed E-state index contributed by atoms with van der Waals surface area (Å²) >= 11 is 0. The highest BCUT2D eigenvalue weighted by Crippen LogP contribution is 2.21. The summed E-state index contributed by atoms with van der Waals surface area (Å²) in [5.41, 5.74) is 1.14. The fraction of sp³-hybridized carbons (Fsp3) is 0.529. The Morgan fingerprint density at radius 2 is 1.82 bits per heavy atom. The van der Waals surface area contributed by atoms with E-state index in [1.165, 1.54) is 6.42 Å². The van der Waals surface area contributed by atoms with E-state index in [-0.39, 0.29) is 11.8 Å². The van der Waals surface area contributed by atoms with Crippen molar-refractivity contribution in [1.82, 2.24) is 10.2 Å². The molecule has 1 aromatic rings. The van der Waals surface area contributed by atoms with Crippen molar-refractivity contribution in [3.63, 3.8) is 0 Å². The molecule has 0 radical (unpaired) electrons.